The van der Waals surface area contributed by atoms with Crippen LogP contribution in [0.1, 0.15) is 54.2 Å². The molecule has 1 fully saturated rings. The fourth-order valence-electron chi connectivity index (χ4n) is 4.01. The third kappa shape index (κ3) is 4.92. The van der Waals surface area contributed by atoms with Gasteiger partial charge in [0.25, 0.3) is 5.56 Å². The molecule has 1 N–H and O–H groups in total. The first-order chi connectivity index (χ1) is 13.5. The lowest BCUT2D eigenvalue weighted by atomic mass is 10.1. The van der Waals surface area contributed by atoms with Gasteiger partial charge in [0.05, 0.1) is 5.56 Å². The van der Waals surface area contributed by atoms with Crippen LogP contribution in [0, 0.1) is 0 Å². The van der Waals surface area contributed by atoms with Gasteiger partial charge in [0.15, 0.2) is 0 Å². The smallest absolute Gasteiger partial charge is 0.335 e. The lowest BCUT2D eigenvalue weighted by Gasteiger charge is -2.26. The van der Waals surface area contributed by atoms with E-state index >= 15 is 0 Å². The molecular weight excluding hydrogens is 420 g/mol. The maximum absolute atomic E-state index is 12.6. The molecule has 0 saturated carbocycles. The van der Waals surface area contributed by atoms with Crippen LogP contribution in [0.3, 0.4) is 0 Å². The first kappa shape index (κ1) is 20.8. The molecule has 2 aromatic rings. The first-order valence-corrected chi connectivity index (χ1v) is 10.7. The SMILES string of the molecule is CCC[C@H]1CCCN1Cc1c(Br)ccc(=O)n1CCc1ccc(C(=O)O)cc1. The van der Waals surface area contributed by atoms with E-state index in [2.05, 4.69) is 27.8 Å². The van der Waals surface area contributed by atoms with Crippen LogP contribution in [-0.4, -0.2) is 33.1 Å². The normalized spacial score (nSPS) is 17.1. The maximum Gasteiger partial charge on any atom is 0.335 e. The van der Waals surface area contributed by atoms with Crippen molar-refractivity contribution >= 4 is 21.9 Å². The minimum absolute atomic E-state index is 0.00611. The predicted molar refractivity (Wildman–Crippen MR) is 114 cm³/mol. The van der Waals surface area contributed by atoms with E-state index < -0.39 is 5.97 Å². The molecule has 5 nitrogen and oxygen atoms in total. The van der Waals surface area contributed by atoms with Crippen molar-refractivity contribution in [1.29, 1.82) is 0 Å². The third-order valence-corrected chi connectivity index (χ3v) is 6.26. The minimum atomic E-state index is -0.927. The van der Waals surface area contributed by atoms with Gasteiger partial charge in [0, 0.05) is 35.4 Å². The molecule has 28 heavy (non-hydrogen) atoms. The van der Waals surface area contributed by atoms with E-state index in [1.54, 1.807) is 18.2 Å². The Labute approximate surface area is 174 Å². The molecule has 3 rings (SSSR count). The number of carbonyl (C=O) groups is 1. The number of rotatable bonds is 8. The fourth-order valence-corrected chi connectivity index (χ4v) is 4.48. The molecule has 1 aromatic heterocycles. The van der Waals surface area contributed by atoms with Crippen LogP contribution in [0.2, 0.25) is 0 Å². The van der Waals surface area contributed by atoms with Crippen LogP contribution >= 0.6 is 15.9 Å². The number of carboxylic acids is 1. The molecule has 2 heterocycles. The standard InChI is InChI=1S/C22H27BrN2O3/c1-2-4-18-5-3-13-24(18)15-20-19(23)10-11-21(26)25(20)14-12-16-6-8-17(9-7-16)22(27)28/h6-11,18H,2-5,12-15H2,1H3,(H,27,28)/t18-/m0/s1. The molecule has 150 valence electrons. The molecule has 1 aliphatic rings. The molecule has 0 unspecified atom stereocenters. The Morgan fingerprint density at radius 3 is 2.64 bits per heavy atom. The van der Waals surface area contributed by atoms with Crippen LogP contribution in [0.5, 0.6) is 0 Å². The van der Waals surface area contributed by atoms with Gasteiger partial charge >= 0.3 is 5.97 Å². The zero-order chi connectivity index (χ0) is 20.1. The van der Waals surface area contributed by atoms with Crippen molar-refractivity contribution in [2.45, 2.75) is 58.2 Å². The summed E-state index contributed by atoms with van der Waals surface area (Å²) in [5, 5.41) is 9.03. The Hall–Kier alpha value is -1.92. The Kier molecular flexibility index (Phi) is 7.08. The highest BCUT2D eigenvalue weighted by molar-refractivity contribution is 9.10. The van der Waals surface area contributed by atoms with Gasteiger partial charge in [-0.25, -0.2) is 4.79 Å². The van der Waals surface area contributed by atoms with E-state index in [1.165, 1.54) is 25.7 Å². The van der Waals surface area contributed by atoms with Gasteiger partial charge in [-0.15, -0.1) is 0 Å². The van der Waals surface area contributed by atoms with Gasteiger partial charge in [-0.2, -0.15) is 0 Å². The van der Waals surface area contributed by atoms with Crippen LogP contribution < -0.4 is 5.56 Å². The molecule has 0 radical (unpaired) electrons. The van der Waals surface area contributed by atoms with Crippen molar-refractivity contribution < 1.29 is 9.90 Å². The molecule has 0 aliphatic carbocycles. The van der Waals surface area contributed by atoms with Crippen LogP contribution in [0.25, 0.3) is 0 Å². The number of hydrogen-bond acceptors (Lipinski definition) is 3. The van der Waals surface area contributed by atoms with Crippen molar-refractivity contribution in [3.8, 4) is 0 Å². The summed E-state index contributed by atoms with van der Waals surface area (Å²) in [6.07, 6.45) is 5.51. The molecule has 6 heteroatoms. The summed E-state index contributed by atoms with van der Waals surface area (Å²) in [7, 11) is 0. The lowest BCUT2D eigenvalue weighted by Crippen LogP contribution is -2.33. The number of hydrogen-bond donors (Lipinski definition) is 1. The van der Waals surface area contributed by atoms with Gasteiger partial charge in [-0.3, -0.25) is 9.69 Å². The number of pyridine rings is 1. The van der Waals surface area contributed by atoms with E-state index in [9.17, 15) is 9.59 Å². The maximum atomic E-state index is 12.6. The van der Waals surface area contributed by atoms with E-state index in [-0.39, 0.29) is 11.1 Å². The highest BCUT2D eigenvalue weighted by Crippen LogP contribution is 2.26. The van der Waals surface area contributed by atoms with Crippen LogP contribution in [-0.2, 0) is 19.5 Å². The summed E-state index contributed by atoms with van der Waals surface area (Å²) in [5.74, 6) is -0.927. The molecule has 0 amide bonds. The van der Waals surface area contributed by atoms with E-state index in [1.807, 2.05) is 22.8 Å². The van der Waals surface area contributed by atoms with Gasteiger partial charge in [0.2, 0.25) is 0 Å². The Morgan fingerprint density at radius 1 is 1.21 bits per heavy atom. The quantitative estimate of drug-likeness (QED) is 0.655. The number of likely N-dealkylation sites (tertiary alicyclic amines) is 1. The summed E-state index contributed by atoms with van der Waals surface area (Å²) >= 11 is 3.65. The molecular formula is C22H27BrN2O3. The topological polar surface area (TPSA) is 62.5 Å². The Bertz CT molecular complexity index is 876. The summed E-state index contributed by atoms with van der Waals surface area (Å²) in [5.41, 5.74) is 2.33. The fraction of sp³-hybridized carbons (Fsp3) is 0.455. The van der Waals surface area contributed by atoms with E-state index in [0.29, 0.717) is 19.0 Å². The zero-order valence-corrected chi connectivity index (χ0v) is 17.8. The largest absolute Gasteiger partial charge is 0.478 e. The summed E-state index contributed by atoms with van der Waals surface area (Å²) < 4.78 is 2.83. The van der Waals surface area contributed by atoms with Crippen molar-refractivity contribution in [2.24, 2.45) is 0 Å². The number of halogens is 1. The van der Waals surface area contributed by atoms with Crippen molar-refractivity contribution in [3.63, 3.8) is 0 Å². The zero-order valence-electron chi connectivity index (χ0n) is 16.2. The minimum Gasteiger partial charge on any atom is -0.478 e. The van der Waals surface area contributed by atoms with Gasteiger partial charge < -0.3 is 9.67 Å². The van der Waals surface area contributed by atoms with E-state index in [0.717, 1.165) is 28.8 Å². The average molecular weight is 447 g/mol. The number of aromatic carboxylic acids is 1. The number of nitrogens with zero attached hydrogens (tertiary/aromatic N) is 2. The number of benzene rings is 1. The van der Waals surface area contributed by atoms with Gasteiger partial charge in [-0.1, -0.05) is 25.5 Å². The summed E-state index contributed by atoms with van der Waals surface area (Å²) in [6, 6.07) is 10.9. The number of aromatic nitrogens is 1. The molecule has 0 bridgehead atoms. The Morgan fingerprint density at radius 2 is 1.96 bits per heavy atom. The molecule has 1 aromatic carbocycles. The predicted octanol–water partition coefficient (Wildman–Crippen LogP) is 4.32. The molecule has 0 spiro atoms. The highest BCUT2D eigenvalue weighted by atomic mass is 79.9. The van der Waals surface area contributed by atoms with Crippen molar-refractivity contribution in [3.05, 3.63) is 68.0 Å². The summed E-state index contributed by atoms with van der Waals surface area (Å²) in [4.78, 5) is 26.1. The highest BCUT2D eigenvalue weighted by Gasteiger charge is 2.25. The lowest BCUT2D eigenvalue weighted by molar-refractivity contribution is 0.0697. The van der Waals surface area contributed by atoms with E-state index in [4.69, 9.17) is 5.11 Å². The number of carboxylic acid groups (broad SMARTS) is 1. The van der Waals surface area contributed by atoms with Gasteiger partial charge in [0.1, 0.15) is 0 Å². The second-order valence-corrected chi connectivity index (χ2v) is 8.28. The average Bonchev–Trinajstić information content (AvgIpc) is 3.12. The Balaban J connectivity index is 1.78. The van der Waals surface area contributed by atoms with Crippen molar-refractivity contribution in [1.82, 2.24) is 9.47 Å². The second-order valence-electron chi connectivity index (χ2n) is 7.43. The number of aryl methyl sites for hydroxylation is 1. The monoisotopic (exact) mass is 446 g/mol. The molecule has 1 saturated heterocycles. The molecule has 1 atom stereocenters. The van der Waals surface area contributed by atoms with Crippen LogP contribution in [0.15, 0.2) is 45.7 Å². The summed E-state index contributed by atoms with van der Waals surface area (Å²) in [6.45, 7) is 4.66. The third-order valence-electron chi connectivity index (χ3n) is 5.54. The van der Waals surface area contributed by atoms with Crippen molar-refractivity contribution in [2.75, 3.05) is 6.54 Å². The van der Waals surface area contributed by atoms with Crippen LogP contribution in [0.4, 0.5) is 0 Å². The van der Waals surface area contributed by atoms with Gasteiger partial charge in [-0.05, 0) is 71.9 Å². The second kappa shape index (κ2) is 9.52. The first-order valence-electron chi connectivity index (χ1n) is 9.94. The molecule has 1 aliphatic heterocycles.